The zero-order chi connectivity index (χ0) is 12.8. The van der Waals surface area contributed by atoms with Crippen molar-refractivity contribution in [3.63, 3.8) is 0 Å². The number of hydrogen-bond acceptors (Lipinski definition) is 3. The van der Waals surface area contributed by atoms with E-state index in [1.165, 1.54) is 24.9 Å². The van der Waals surface area contributed by atoms with E-state index in [0.29, 0.717) is 6.04 Å². The molecule has 3 heteroatoms. The van der Waals surface area contributed by atoms with Crippen LogP contribution in [-0.4, -0.2) is 30.6 Å². The van der Waals surface area contributed by atoms with Crippen molar-refractivity contribution in [1.29, 1.82) is 5.26 Å². The Kier molecular flexibility index (Phi) is 4.74. The highest BCUT2D eigenvalue weighted by molar-refractivity contribution is 5.31. The van der Waals surface area contributed by atoms with Gasteiger partial charge in [-0.15, -0.1) is 0 Å². The summed E-state index contributed by atoms with van der Waals surface area (Å²) < 4.78 is 0. The number of nitrogens with zero attached hydrogens (tertiary/aromatic N) is 2. The number of likely N-dealkylation sites (N-methyl/N-ethyl adjacent to an activating group) is 1. The van der Waals surface area contributed by atoms with Crippen LogP contribution >= 0.6 is 0 Å². The molecule has 1 N–H and O–H groups in total. The second kappa shape index (κ2) is 6.53. The molecule has 0 aromatic heterocycles. The Bertz CT molecular complexity index is 405. The molecule has 0 saturated carbocycles. The molecule has 1 unspecified atom stereocenters. The van der Waals surface area contributed by atoms with Gasteiger partial charge in [0.05, 0.1) is 11.6 Å². The minimum Gasteiger partial charge on any atom is -0.311 e. The Morgan fingerprint density at radius 3 is 2.83 bits per heavy atom. The van der Waals surface area contributed by atoms with Crippen LogP contribution in [-0.2, 0) is 6.54 Å². The van der Waals surface area contributed by atoms with Crippen LogP contribution in [0, 0.1) is 11.3 Å². The summed E-state index contributed by atoms with van der Waals surface area (Å²) in [5.41, 5.74) is 1.97. The van der Waals surface area contributed by atoms with E-state index in [0.717, 1.165) is 25.2 Å². The van der Waals surface area contributed by atoms with Gasteiger partial charge in [-0.2, -0.15) is 5.26 Å². The van der Waals surface area contributed by atoms with E-state index in [4.69, 9.17) is 5.26 Å². The van der Waals surface area contributed by atoms with Crippen LogP contribution in [0.25, 0.3) is 0 Å². The number of nitrogens with one attached hydrogen (secondary N) is 1. The van der Waals surface area contributed by atoms with Crippen LogP contribution in [0.15, 0.2) is 24.3 Å². The van der Waals surface area contributed by atoms with E-state index in [9.17, 15) is 0 Å². The summed E-state index contributed by atoms with van der Waals surface area (Å²) in [7, 11) is 0. The quantitative estimate of drug-likeness (QED) is 0.861. The molecule has 0 radical (unpaired) electrons. The highest BCUT2D eigenvalue weighted by Gasteiger charge is 2.21. The van der Waals surface area contributed by atoms with Crippen molar-refractivity contribution in [1.82, 2.24) is 10.2 Å². The molecule has 1 saturated heterocycles. The fraction of sp³-hybridized carbons (Fsp3) is 0.533. The first-order valence-electron chi connectivity index (χ1n) is 6.77. The molecule has 1 heterocycles. The highest BCUT2D eigenvalue weighted by Crippen LogP contribution is 2.15. The van der Waals surface area contributed by atoms with E-state index >= 15 is 0 Å². The van der Waals surface area contributed by atoms with Crippen molar-refractivity contribution in [2.24, 2.45) is 0 Å². The summed E-state index contributed by atoms with van der Waals surface area (Å²) in [6, 6.07) is 10.7. The van der Waals surface area contributed by atoms with Crippen LogP contribution in [0.5, 0.6) is 0 Å². The first-order chi connectivity index (χ1) is 8.83. The van der Waals surface area contributed by atoms with E-state index in [1.54, 1.807) is 0 Å². The predicted molar refractivity (Wildman–Crippen MR) is 73.1 cm³/mol. The van der Waals surface area contributed by atoms with Gasteiger partial charge in [0.1, 0.15) is 0 Å². The molecule has 1 fully saturated rings. The normalized spacial score (nSPS) is 19.9. The summed E-state index contributed by atoms with van der Waals surface area (Å²) in [6.45, 7) is 6.59. The third kappa shape index (κ3) is 3.32. The largest absolute Gasteiger partial charge is 0.311 e. The minimum atomic E-state index is 0.702. The SMILES string of the molecule is CCN1CCCC1CNCc1ccc(C#N)cc1. The second-order valence-electron chi connectivity index (χ2n) is 4.86. The molecular formula is C15H21N3. The molecule has 1 atom stereocenters. The number of hydrogen-bond donors (Lipinski definition) is 1. The van der Waals surface area contributed by atoms with Crippen LogP contribution in [0.4, 0.5) is 0 Å². The van der Waals surface area contributed by atoms with E-state index < -0.39 is 0 Å². The first kappa shape index (κ1) is 13.1. The van der Waals surface area contributed by atoms with E-state index in [2.05, 4.69) is 23.2 Å². The molecule has 1 aliphatic heterocycles. The zero-order valence-electron chi connectivity index (χ0n) is 11.0. The van der Waals surface area contributed by atoms with Crippen molar-refractivity contribution in [2.75, 3.05) is 19.6 Å². The topological polar surface area (TPSA) is 39.1 Å². The summed E-state index contributed by atoms with van der Waals surface area (Å²) in [6.07, 6.45) is 2.64. The molecular weight excluding hydrogens is 222 g/mol. The van der Waals surface area contributed by atoms with Gasteiger partial charge in [-0.1, -0.05) is 19.1 Å². The predicted octanol–water partition coefficient (Wildman–Crippen LogP) is 2.13. The van der Waals surface area contributed by atoms with Gasteiger partial charge < -0.3 is 5.32 Å². The summed E-state index contributed by atoms with van der Waals surface area (Å²) in [4.78, 5) is 2.55. The van der Waals surface area contributed by atoms with Crippen molar-refractivity contribution in [3.05, 3.63) is 35.4 Å². The maximum atomic E-state index is 8.73. The molecule has 0 bridgehead atoms. The Labute approximate surface area is 109 Å². The van der Waals surface area contributed by atoms with E-state index in [-0.39, 0.29) is 0 Å². The van der Waals surface area contributed by atoms with Gasteiger partial charge >= 0.3 is 0 Å². The molecule has 1 aromatic rings. The molecule has 18 heavy (non-hydrogen) atoms. The van der Waals surface area contributed by atoms with Gasteiger partial charge in [0.15, 0.2) is 0 Å². The standard InChI is InChI=1S/C15H21N3/c1-2-18-9-3-4-15(18)12-17-11-14-7-5-13(10-16)6-8-14/h5-8,15,17H,2-4,9,11-12H2,1H3. The average Bonchev–Trinajstić information content (AvgIpc) is 2.87. The van der Waals surface area contributed by atoms with Gasteiger partial charge in [-0.05, 0) is 43.6 Å². The lowest BCUT2D eigenvalue weighted by Crippen LogP contribution is -2.37. The van der Waals surface area contributed by atoms with Crippen molar-refractivity contribution in [3.8, 4) is 6.07 Å². The molecule has 0 amide bonds. The molecule has 1 aromatic carbocycles. The summed E-state index contributed by atoms with van der Waals surface area (Å²) in [5.74, 6) is 0. The molecule has 1 aliphatic rings. The Morgan fingerprint density at radius 2 is 2.17 bits per heavy atom. The van der Waals surface area contributed by atoms with Gasteiger partial charge in [0.25, 0.3) is 0 Å². The second-order valence-corrected chi connectivity index (χ2v) is 4.86. The van der Waals surface area contributed by atoms with Crippen LogP contribution in [0.3, 0.4) is 0 Å². The lowest BCUT2D eigenvalue weighted by Gasteiger charge is -2.23. The van der Waals surface area contributed by atoms with Crippen LogP contribution in [0.1, 0.15) is 30.9 Å². The maximum Gasteiger partial charge on any atom is 0.0991 e. The average molecular weight is 243 g/mol. The minimum absolute atomic E-state index is 0.702. The lowest BCUT2D eigenvalue weighted by atomic mass is 10.1. The fourth-order valence-electron chi connectivity index (χ4n) is 2.62. The number of nitriles is 1. The third-order valence-corrected chi connectivity index (χ3v) is 3.70. The monoisotopic (exact) mass is 243 g/mol. The molecule has 2 rings (SSSR count). The van der Waals surface area contributed by atoms with Gasteiger partial charge in [-0.3, -0.25) is 4.90 Å². The molecule has 3 nitrogen and oxygen atoms in total. The lowest BCUT2D eigenvalue weighted by molar-refractivity contribution is 0.260. The molecule has 96 valence electrons. The van der Waals surface area contributed by atoms with Gasteiger partial charge in [0, 0.05) is 19.1 Å². The number of benzene rings is 1. The maximum absolute atomic E-state index is 8.73. The van der Waals surface area contributed by atoms with Gasteiger partial charge in [0.2, 0.25) is 0 Å². The molecule has 0 spiro atoms. The van der Waals surface area contributed by atoms with Crippen molar-refractivity contribution >= 4 is 0 Å². The van der Waals surface area contributed by atoms with Crippen molar-refractivity contribution < 1.29 is 0 Å². The highest BCUT2D eigenvalue weighted by atomic mass is 15.2. The third-order valence-electron chi connectivity index (χ3n) is 3.70. The van der Waals surface area contributed by atoms with Gasteiger partial charge in [-0.25, -0.2) is 0 Å². The Morgan fingerprint density at radius 1 is 1.39 bits per heavy atom. The van der Waals surface area contributed by atoms with Crippen molar-refractivity contribution in [2.45, 2.75) is 32.4 Å². The van der Waals surface area contributed by atoms with Crippen LogP contribution in [0.2, 0.25) is 0 Å². The Balaban J connectivity index is 1.76. The fourth-order valence-corrected chi connectivity index (χ4v) is 2.62. The summed E-state index contributed by atoms with van der Waals surface area (Å²) >= 11 is 0. The number of likely N-dealkylation sites (tertiary alicyclic amines) is 1. The first-order valence-corrected chi connectivity index (χ1v) is 6.77. The van der Waals surface area contributed by atoms with E-state index in [1.807, 2.05) is 24.3 Å². The smallest absolute Gasteiger partial charge is 0.0991 e. The zero-order valence-corrected chi connectivity index (χ0v) is 11.0. The summed E-state index contributed by atoms with van der Waals surface area (Å²) in [5, 5.41) is 12.3. The van der Waals surface area contributed by atoms with Crippen LogP contribution < -0.4 is 5.32 Å². The Hall–Kier alpha value is -1.37. The number of rotatable bonds is 5. The molecule has 0 aliphatic carbocycles.